The molecule has 3 heterocycles. The van der Waals surface area contributed by atoms with Gasteiger partial charge in [-0.15, -0.1) is 0 Å². The lowest BCUT2D eigenvalue weighted by Gasteiger charge is -2.41. The SMILES string of the molecule is CC1C(=O)N(COCC[Si](C)(C)C)N=C2COc3ccc(NC4(C)CCN(C(=O)OC(C)(C)C)C4)cc3N21. The van der Waals surface area contributed by atoms with Crippen molar-refractivity contribution in [1.29, 1.82) is 0 Å². The predicted molar refractivity (Wildman–Crippen MR) is 152 cm³/mol. The van der Waals surface area contributed by atoms with Crippen LogP contribution in [-0.4, -0.2) is 86.0 Å². The Morgan fingerprint density at radius 3 is 2.71 bits per heavy atom. The van der Waals surface area contributed by atoms with Gasteiger partial charge in [0, 0.05) is 33.5 Å². The third-order valence-electron chi connectivity index (χ3n) is 6.87. The second kappa shape index (κ2) is 10.4. The van der Waals surface area contributed by atoms with Gasteiger partial charge in [-0.25, -0.2) is 9.80 Å². The van der Waals surface area contributed by atoms with Crippen LogP contribution >= 0.6 is 0 Å². The van der Waals surface area contributed by atoms with E-state index in [1.807, 2.05) is 50.8 Å². The minimum absolute atomic E-state index is 0.108. The summed E-state index contributed by atoms with van der Waals surface area (Å²) in [6.07, 6.45) is 0.495. The number of ether oxygens (including phenoxy) is 3. The van der Waals surface area contributed by atoms with E-state index in [1.54, 1.807) is 4.90 Å². The van der Waals surface area contributed by atoms with Gasteiger partial charge in [0.15, 0.2) is 5.84 Å². The number of hydrazone groups is 1. The number of nitrogens with one attached hydrogen (secondary N) is 1. The van der Waals surface area contributed by atoms with Gasteiger partial charge < -0.3 is 29.3 Å². The van der Waals surface area contributed by atoms with Crippen LogP contribution in [0, 0.1) is 0 Å². The first-order valence-electron chi connectivity index (χ1n) is 13.4. The van der Waals surface area contributed by atoms with Crippen LogP contribution in [0.3, 0.4) is 0 Å². The van der Waals surface area contributed by atoms with E-state index in [1.165, 1.54) is 5.01 Å². The van der Waals surface area contributed by atoms with E-state index in [0.717, 1.165) is 23.8 Å². The third-order valence-corrected chi connectivity index (χ3v) is 8.57. The Balaban J connectivity index is 1.45. The van der Waals surface area contributed by atoms with Crippen molar-refractivity contribution in [3.63, 3.8) is 0 Å². The van der Waals surface area contributed by atoms with E-state index in [2.05, 4.69) is 37.0 Å². The Kier molecular flexibility index (Phi) is 7.73. The number of nitrogens with zero attached hydrogens (tertiary/aromatic N) is 4. The zero-order valence-electron chi connectivity index (χ0n) is 24.1. The number of amidine groups is 1. The zero-order chi connectivity index (χ0) is 27.9. The number of carbonyl (C=O) groups is 2. The lowest BCUT2D eigenvalue weighted by atomic mass is 10.0. The van der Waals surface area contributed by atoms with Gasteiger partial charge in [-0.2, -0.15) is 5.10 Å². The first kappa shape index (κ1) is 28.2. The molecule has 0 aliphatic carbocycles. The summed E-state index contributed by atoms with van der Waals surface area (Å²) in [6.45, 7) is 18.7. The fraction of sp³-hybridized carbons (Fsp3) is 0.667. The number of carbonyl (C=O) groups excluding carboxylic acids is 2. The summed E-state index contributed by atoms with van der Waals surface area (Å²) in [5.41, 5.74) is 0.842. The molecule has 0 bridgehead atoms. The smallest absolute Gasteiger partial charge is 0.410 e. The summed E-state index contributed by atoms with van der Waals surface area (Å²) in [5, 5.41) is 9.61. The van der Waals surface area contributed by atoms with E-state index in [-0.39, 0.29) is 30.9 Å². The van der Waals surface area contributed by atoms with Gasteiger partial charge in [-0.1, -0.05) is 19.6 Å². The molecule has 1 aromatic rings. The van der Waals surface area contributed by atoms with Gasteiger partial charge in [0.25, 0.3) is 5.91 Å². The number of anilines is 2. The maximum absolute atomic E-state index is 13.2. The number of hydrogen-bond acceptors (Lipinski definition) is 8. The molecule has 210 valence electrons. The molecule has 2 unspecified atom stereocenters. The quantitative estimate of drug-likeness (QED) is 0.397. The molecule has 1 N–H and O–H groups in total. The van der Waals surface area contributed by atoms with Crippen LogP contribution in [0.5, 0.6) is 5.75 Å². The second-order valence-corrected chi connectivity index (χ2v) is 18.6. The number of likely N-dealkylation sites (tertiary alicyclic amines) is 1. The number of benzene rings is 1. The molecular formula is C27H43N5O5Si. The average molecular weight is 546 g/mol. The Labute approximate surface area is 227 Å². The molecule has 3 aliphatic heterocycles. The minimum atomic E-state index is -1.21. The van der Waals surface area contributed by atoms with E-state index in [0.29, 0.717) is 31.3 Å². The van der Waals surface area contributed by atoms with Crippen LogP contribution < -0.4 is 15.0 Å². The molecule has 3 aliphatic rings. The summed E-state index contributed by atoms with van der Waals surface area (Å²) in [4.78, 5) is 29.5. The van der Waals surface area contributed by atoms with Crippen molar-refractivity contribution >= 4 is 37.3 Å². The zero-order valence-corrected chi connectivity index (χ0v) is 25.1. The Morgan fingerprint density at radius 2 is 2.03 bits per heavy atom. The molecule has 4 rings (SSSR count). The van der Waals surface area contributed by atoms with Crippen molar-refractivity contribution in [2.45, 2.75) is 83.9 Å². The summed E-state index contributed by atoms with van der Waals surface area (Å²) >= 11 is 0. The largest absolute Gasteiger partial charge is 0.483 e. The molecule has 1 saturated heterocycles. The average Bonchev–Trinajstić information content (AvgIpc) is 3.19. The van der Waals surface area contributed by atoms with Crippen molar-refractivity contribution in [3.05, 3.63) is 18.2 Å². The lowest BCUT2D eigenvalue weighted by Crippen LogP contribution is -2.57. The van der Waals surface area contributed by atoms with Crippen molar-refractivity contribution < 1.29 is 23.8 Å². The molecule has 10 nitrogen and oxygen atoms in total. The standard InChI is InChI=1S/C27H43N5O5Si/c1-19-24(33)31(18-35-13-14-38(6,7)8)29-23-16-36-22-10-9-20(15-21(22)32(19)23)28-27(5)11-12-30(17-27)25(34)37-26(2,3)4/h9-10,15,19,28H,11-14,16-18H2,1-8H3. The molecule has 0 radical (unpaired) electrons. The number of amides is 2. The topological polar surface area (TPSA) is 95.9 Å². The molecule has 0 spiro atoms. The highest BCUT2D eigenvalue weighted by Gasteiger charge is 2.40. The molecule has 11 heteroatoms. The fourth-order valence-electron chi connectivity index (χ4n) is 4.80. The Morgan fingerprint density at radius 1 is 1.29 bits per heavy atom. The van der Waals surface area contributed by atoms with Crippen LogP contribution in [0.2, 0.25) is 25.7 Å². The normalized spacial score (nSPS) is 23.5. The lowest BCUT2D eigenvalue weighted by molar-refractivity contribution is -0.138. The molecule has 0 saturated carbocycles. The van der Waals surface area contributed by atoms with Crippen molar-refractivity contribution in [2.24, 2.45) is 5.10 Å². The summed E-state index contributed by atoms with van der Waals surface area (Å²) in [6, 6.07) is 6.48. The van der Waals surface area contributed by atoms with Gasteiger partial charge in [-0.05, 0) is 65.3 Å². The summed E-state index contributed by atoms with van der Waals surface area (Å²) < 4.78 is 17.4. The molecule has 0 aromatic heterocycles. The number of fused-ring (bicyclic) bond motifs is 3. The van der Waals surface area contributed by atoms with Crippen LogP contribution in [0.25, 0.3) is 0 Å². The summed E-state index contributed by atoms with van der Waals surface area (Å²) in [7, 11) is -1.21. The van der Waals surface area contributed by atoms with Gasteiger partial charge in [0.2, 0.25) is 0 Å². The maximum Gasteiger partial charge on any atom is 0.410 e. The van der Waals surface area contributed by atoms with E-state index in [4.69, 9.17) is 14.2 Å². The highest BCUT2D eigenvalue weighted by atomic mass is 28.3. The van der Waals surface area contributed by atoms with E-state index < -0.39 is 19.7 Å². The minimum Gasteiger partial charge on any atom is -0.483 e. The number of hydrogen-bond donors (Lipinski definition) is 1. The fourth-order valence-corrected chi connectivity index (χ4v) is 5.55. The highest BCUT2D eigenvalue weighted by molar-refractivity contribution is 6.76. The first-order chi connectivity index (χ1) is 17.6. The maximum atomic E-state index is 13.2. The van der Waals surface area contributed by atoms with Crippen LogP contribution in [0.4, 0.5) is 16.2 Å². The molecular weight excluding hydrogens is 502 g/mol. The van der Waals surface area contributed by atoms with Crippen LogP contribution in [0.1, 0.15) is 41.0 Å². The first-order valence-corrected chi connectivity index (χ1v) is 17.1. The van der Waals surface area contributed by atoms with Crippen molar-refractivity contribution in [1.82, 2.24) is 9.91 Å². The van der Waals surface area contributed by atoms with Gasteiger partial charge >= 0.3 is 6.09 Å². The van der Waals surface area contributed by atoms with Crippen LogP contribution in [-0.2, 0) is 14.3 Å². The van der Waals surface area contributed by atoms with Gasteiger partial charge in [0.05, 0.1) is 11.2 Å². The second-order valence-electron chi connectivity index (χ2n) is 13.0. The van der Waals surface area contributed by atoms with E-state index >= 15 is 0 Å². The van der Waals surface area contributed by atoms with Gasteiger partial charge in [-0.3, -0.25) is 4.79 Å². The van der Waals surface area contributed by atoms with E-state index in [9.17, 15) is 9.59 Å². The molecule has 1 aromatic carbocycles. The third kappa shape index (κ3) is 6.61. The van der Waals surface area contributed by atoms with Crippen molar-refractivity contribution in [3.8, 4) is 5.75 Å². The molecule has 38 heavy (non-hydrogen) atoms. The van der Waals surface area contributed by atoms with Crippen molar-refractivity contribution in [2.75, 3.05) is 43.3 Å². The van der Waals surface area contributed by atoms with Gasteiger partial charge in [0.1, 0.15) is 30.7 Å². The Hall–Kier alpha value is -2.79. The highest BCUT2D eigenvalue weighted by Crippen LogP contribution is 2.39. The Bertz CT molecular complexity index is 1100. The number of rotatable bonds is 7. The monoisotopic (exact) mass is 545 g/mol. The molecule has 2 atom stereocenters. The summed E-state index contributed by atoms with van der Waals surface area (Å²) in [5.74, 6) is 1.28. The van der Waals surface area contributed by atoms with Crippen LogP contribution in [0.15, 0.2) is 23.3 Å². The molecule has 2 amide bonds. The predicted octanol–water partition coefficient (Wildman–Crippen LogP) is 4.55. The molecule has 1 fully saturated rings.